The second-order valence-corrected chi connectivity index (χ2v) is 5.05. The Balaban J connectivity index is 2.42. The molecule has 16 heavy (non-hydrogen) atoms. The van der Waals surface area contributed by atoms with Crippen LogP contribution < -0.4 is 5.32 Å². The van der Waals surface area contributed by atoms with Crippen LogP contribution in [-0.2, 0) is 0 Å². The molecule has 1 rings (SSSR count). The lowest BCUT2D eigenvalue weighted by molar-refractivity contribution is 0.243. The van der Waals surface area contributed by atoms with Crippen molar-refractivity contribution in [3.8, 4) is 6.07 Å². The van der Waals surface area contributed by atoms with Crippen molar-refractivity contribution >= 4 is 0 Å². The van der Waals surface area contributed by atoms with Crippen molar-refractivity contribution in [2.75, 3.05) is 0 Å². The molecular weight excluding hydrogens is 196 g/mol. The monoisotopic (exact) mass is 222 g/mol. The third kappa shape index (κ3) is 4.14. The van der Waals surface area contributed by atoms with Crippen molar-refractivity contribution in [2.45, 2.75) is 77.3 Å². The first kappa shape index (κ1) is 13.5. The number of rotatable bonds is 6. The van der Waals surface area contributed by atoms with E-state index in [0.717, 1.165) is 12.3 Å². The van der Waals surface area contributed by atoms with E-state index in [1.165, 1.54) is 38.5 Å². The standard InChI is InChI=1S/C14H26N2/c1-3-13(10-11-15)16-14(4-2)12-8-6-5-7-9-12/h12-14,16H,3-10H2,1-2H3. The number of nitrogens with one attached hydrogen (secondary N) is 1. The van der Waals surface area contributed by atoms with Gasteiger partial charge in [-0.2, -0.15) is 5.26 Å². The highest BCUT2D eigenvalue weighted by atomic mass is 15.0. The average molecular weight is 222 g/mol. The Kier molecular flexibility index (Phi) is 6.49. The first-order valence-corrected chi connectivity index (χ1v) is 6.94. The third-order valence-electron chi connectivity index (χ3n) is 3.94. The zero-order valence-corrected chi connectivity index (χ0v) is 10.8. The summed E-state index contributed by atoms with van der Waals surface area (Å²) in [4.78, 5) is 0. The summed E-state index contributed by atoms with van der Waals surface area (Å²) in [5.41, 5.74) is 0. The number of nitrogens with zero attached hydrogens (tertiary/aromatic N) is 1. The summed E-state index contributed by atoms with van der Waals surface area (Å²) in [7, 11) is 0. The van der Waals surface area contributed by atoms with Gasteiger partial charge in [0.1, 0.15) is 0 Å². The lowest BCUT2D eigenvalue weighted by atomic mass is 9.82. The van der Waals surface area contributed by atoms with Gasteiger partial charge in [-0.1, -0.05) is 33.1 Å². The van der Waals surface area contributed by atoms with Crippen LogP contribution in [0.4, 0.5) is 0 Å². The maximum absolute atomic E-state index is 8.77. The number of hydrogen-bond donors (Lipinski definition) is 1. The van der Waals surface area contributed by atoms with Crippen LogP contribution >= 0.6 is 0 Å². The van der Waals surface area contributed by atoms with Crippen molar-refractivity contribution < 1.29 is 0 Å². The minimum atomic E-state index is 0.400. The van der Waals surface area contributed by atoms with E-state index in [0.29, 0.717) is 18.5 Å². The number of nitriles is 1. The van der Waals surface area contributed by atoms with Crippen LogP contribution in [0.3, 0.4) is 0 Å². The molecular formula is C14H26N2. The number of hydrogen-bond acceptors (Lipinski definition) is 2. The van der Waals surface area contributed by atoms with Gasteiger partial charge in [-0.05, 0) is 31.6 Å². The molecule has 92 valence electrons. The van der Waals surface area contributed by atoms with E-state index in [1.54, 1.807) is 0 Å². The first-order valence-electron chi connectivity index (χ1n) is 6.94. The highest BCUT2D eigenvalue weighted by molar-refractivity contribution is 4.85. The summed E-state index contributed by atoms with van der Waals surface area (Å²) in [6.07, 6.45) is 9.91. The molecule has 1 aliphatic rings. The van der Waals surface area contributed by atoms with Gasteiger partial charge in [0.05, 0.1) is 12.5 Å². The molecule has 1 saturated carbocycles. The molecule has 2 unspecified atom stereocenters. The lowest BCUT2D eigenvalue weighted by Gasteiger charge is -2.32. The predicted octanol–water partition coefficient (Wildman–Crippen LogP) is 3.63. The smallest absolute Gasteiger partial charge is 0.0638 e. The molecule has 1 aliphatic carbocycles. The second kappa shape index (κ2) is 7.68. The largest absolute Gasteiger partial charge is 0.310 e. The zero-order valence-electron chi connectivity index (χ0n) is 10.8. The molecule has 0 amide bonds. The van der Waals surface area contributed by atoms with Gasteiger partial charge in [0.15, 0.2) is 0 Å². The summed E-state index contributed by atoms with van der Waals surface area (Å²) in [6, 6.07) is 3.33. The minimum Gasteiger partial charge on any atom is -0.310 e. The average Bonchev–Trinajstić information content (AvgIpc) is 2.35. The SMILES string of the molecule is CCC(CC#N)NC(CC)C1CCCCC1. The Morgan fingerprint density at radius 3 is 2.38 bits per heavy atom. The van der Waals surface area contributed by atoms with Crippen molar-refractivity contribution in [3.05, 3.63) is 0 Å². The molecule has 0 aromatic carbocycles. The van der Waals surface area contributed by atoms with E-state index in [1.807, 2.05) is 0 Å². The van der Waals surface area contributed by atoms with Crippen LogP contribution in [0, 0.1) is 17.2 Å². The Bertz CT molecular complexity index is 213. The first-order chi connectivity index (χ1) is 7.81. The van der Waals surface area contributed by atoms with Gasteiger partial charge in [0.25, 0.3) is 0 Å². The van der Waals surface area contributed by atoms with Crippen molar-refractivity contribution in [1.29, 1.82) is 5.26 Å². The fourth-order valence-corrected chi connectivity index (χ4v) is 2.86. The van der Waals surface area contributed by atoms with E-state index in [4.69, 9.17) is 5.26 Å². The molecule has 0 heterocycles. The van der Waals surface area contributed by atoms with Crippen LogP contribution in [0.15, 0.2) is 0 Å². The maximum atomic E-state index is 8.77. The zero-order chi connectivity index (χ0) is 11.8. The highest BCUT2D eigenvalue weighted by Gasteiger charge is 2.23. The second-order valence-electron chi connectivity index (χ2n) is 5.05. The molecule has 0 saturated heterocycles. The van der Waals surface area contributed by atoms with Crippen LogP contribution in [0.25, 0.3) is 0 Å². The Morgan fingerprint density at radius 2 is 1.88 bits per heavy atom. The Hall–Kier alpha value is -0.550. The van der Waals surface area contributed by atoms with Gasteiger partial charge in [-0.25, -0.2) is 0 Å². The van der Waals surface area contributed by atoms with Gasteiger partial charge in [-0.3, -0.25) is 0 Å². The fourth-order valence-electron chi connectivity index (χ4n) is 2.86. The third-order valence-corrected chi connectivity index (χ3v) is 3.94. The van der Waals surface area contributed by atoms with E-state index in [2.05, 4.69) is 25.2 Å². The maximum Gasteiger partial charge on any atom is 0.0638 e. The van der Waals surface area contributed by atoms with E-state index in [-0.39, 0.29) is 0 Å². The Labute approximate surface area is 100 Å². The molecule has 1 fully saturated rings. The summed E-state index contributed by atoms with van der Waals surface area (Å²) < 4.78 is 0. The summed E-state index contributed by atoms with van der Waals surface area (Å²) in [6.45, 7) is 4.44. The van der Waals surface area contributed by atoms with Crippen LogP contribution in [0.1, 0.15) is 65.2 Å². The molecule has 2 atom stereocenters. The van der Waals surface area contributed by atoms with Gasteiger partial charge in [-0.15, -0.1) is 0 Å². The molecule has 0 aliphatic heterocycles. The molecule has 2 heteroatoms. The summed E-state index contributed by atoms with van der Waals surface area (Å²) in [5, 5.41) is 12.5. The Morgan fingerprint density at radius 1 is 1.19 bits per heavy atom. The van der Waals surface area contributed by atoms with E-state index >= 15 is 0 Å². The van der Waals surface area contributed by atoms with Crippen molar-refractivity contribution in [2.24, 2.45) is 5.92 Å². The van der Waals surface area contributed by atoms with Gasteiger partial charge < -0.3 is 5.32 Å². The minimum absolute atomic E-state index is 0.400. The summed E-state index contributed by atoms with van der Waals surface area (Å²) >= 11 is 0. The lowest BCUT2D eigenvalue weighted by Crippen LogP contribution is -2.42. The van der Waals surface area contributed by atoms with Gasteiger partial charge in [0.2, 0.25) is 0 Å². The topological polar surface area (TPSA) is 35.8 Å². The van der Waals surface area contributed by atoms with Crippen molar-refractivity contribution in [3.63, 3.8) is 0 Å². The highest BCUT2D eigenvalue weighted by Crippen LogP contribution is 2.28. The van der Waals surface area contributed by atoms with Crippen molar-refractivity contribution in [1.82, 2.24) is 5.32 Å². The molecule has 1 N–H and O–H groups in total. The molecule has 0 aromatic rings. The van der Waals surface area contributed by atoms with Crippen LogP contribution in [0.2, 0.25) is 0 Å². The van der Waals surface area contributed by atoms with Gasteiger partial charge >= 0.3 is 0 Å². The molecule has 0 spiro atoms. The molecule has 2 nitrogen and oxygen atoms in total. The summed E-state index contributed by atoms with van der Waals surface area (Å²) in [5.74, 6) is 0.853. The predicted molar refractivity (Wildman–Crippen MR) is 68.1 cm³/mol. The molecule has 0 aromatic heterocycles. The van der Waals surface area contributed by atoms with Crippen LogP contribution in [-0.4, -0.2) is 12.1 Å². The quantitative estimate of drug-likeness (QED) is 0.745. The van der Waals surface area contributed by atoms with Crippen LogP contribution in [0.5, 0.6) is 0 Å². The van der Waals surface area contributed by atoms with Gasteiger partial charge in [0, 0.05) is 12.1 Å². The van der Waals surface area contributed by atoms with E-state index in [9.17, 15) is 0 Å². The fraction of sp³-hybridized carbons (Fsp3) is 0.929. The molecule has 0 bridgehead atoms. The molecule has 0 radical (unpaired) electrons. The normalized spacial score (nSPS) is 21.3. The van der Waals surface area contributed by atoms with E-state index < -0.39 is 0 Å².